The molecule has 0 amide bonds. The molecule has 0 saturated carbocycles. The second kappa shape index (κ2) is 13.5. The van der Waals surface area contributed by atoms with Crippen molar-refractivity contribution in [3.8, 4) is 0 Å². The molecule has 1 unspecified atom stereocenters. The van der Waals surface area contributed by atoms with Gasteiger partial charge in [-0.3, -0.25) is 0 Å². The predicted molar refractivity (Wildman–Crippen MR) is 53.3 cm³/mol. The molecule has 2 nitrogen and oxygen atoms in total. The summed E-state index contributed by atoms with van der Waals surface area (Å²) in [6.45, 7) is 7.27. The van der Waals surface area contributed by atoms with E-state index >= 15 is 0 Å². The number of methoxy groups -OCH3 is 1. The standard InChI is InChI=1S/C8H18O2.C2H6/c1-3-8(4-6-9)5-7-10-2;1-2/h8-9H,3-7H2,1-2H3;1-2H3. The Labute approximate surface area is 76.9 Å². The topological polar surface area (TPSA) is 29.5 Å². The van der Waals surface area contributed by atoms with Crippen molar-refractivity contribution < 1.29 is 9.84 Å². The van der Waals surface area contributed by atoms with Crippen molar-refractivity contribution in [1.29, 1.82) is 0 Å². The first kappa shape index (κ1) is 14.4. The lowest BCUT2D eigenvalue weighted by atomic mass is 10.00. The van der Waals surface area contributed by atoms with Crippen molar-refractivity contribution in [2.75, 3.05) is 20.3 Å². The van der Waals surface area contributed by atoms with Gasteiger partial charge in [0.25, 0.3) is 0 Å². The molecule has 0 aromatic rings. The third-order valence-corrected chi connectivity index (χ3v) is 1.84. The van der Waals surface area contributed by atoms with Crippen LogP contribution in [-0.2, 0) is 4.74 Å². The van der Waals surface area contributed by atoms with Gasteiger partial charge in [-0.2, -0.15) is 0 Å². The molecule has 1 atom stereocenters. The van der Waals surface area contributed by atoms with Crippen LogP contribution in [0.5, 0.6) is 0 Å². The maximum Gasteiger partial charge on any atom is 0.0464 e. The predicted octanol–water partition coefficient (Wildman–Crippen LogP) is 2.46. The summed E-state index contributed by atoms with van der Waals surface area (Å²) < 4.78 is 4.94. The molecule has 0 bridgehead atoms. The average molecular weight is 176 g/mol. The van der Waals surface area contributed by atoms with Crippen LogP contribution in [0.25, 0.3) is 0 Å². The first-order chi connectivity index (χ1) is 5.85. The van der Waals surface area contributed by atoms with Crippen LogP contribution in [0.15, 0.2) is 0 Å². The maximum absolute atomic E-state index is 8.63. The van der Waals surface area contributed by atoms with Crippen molar-refractivity contribution in [2.45, 2.75) is 40.0 Å². The van der Waals surface area contributed by atoms with Gasteiger partial charge in [-0.15, -0.1) is 0 Å². The highest BCUT2D eigenvalue weighted by Gasteiger charge is 2.03. The average Bonchev–Trinajstić information content (AvgIpc) is 2.15. The molecule has 0 aliphatic heterocycles. The Morgan fingerprint density at radius 2 is 1.83 bits per heavy atom. The molecule has 0 spiro atoms. The van der Waals surface area contributed by atoms with Gasteiger partial charge in [-0.05, 0) is 18.8 Å². The fraction of sp³-hybridized carbons (Fsp3) is 1.00. The van der Waals surface area contributed by atoms with Crippen LogP contribution in [-0.4, -0.2) is 25.4 Å². The van der Waals surface area contributed by atoms with Gasteiger partial charge in [-0.1, -0.05) is 27.2 Å². The van der Waals surface area contributed by atoms with Crippen molar-refractivity contribution in [3.05, 3.63) is 0 Å². The minimum absolute atomic E-state index is 0.308. The molecule has 0 radical (unpaired) electrons. The van der Waals surface area contributed by atoms with E-state index in [9.17, 15) is 0 Å². The first-order valence-electron chi connectivity index (χ1n) is 4.95. The van der Waals surface area contributed by atoms with E-state index in [2.05, 4.69) is 6.92 Å². The Hall–Kier alpha value is -0.0800. The van der Waals surface area contributed by atoms with Crippen LogP contribution in [0.2, 0.25) is 0 Å². The first-order valence-corrected chi connectivity index (χ1v) is 4.95. The van der Waals surface area contributed by atoms with Crippen LogP contribution in [0.3, 0.4) is 0 Å². The number of hydrogen-bond donors (Lipinski definition) is 1. The Morgan fingerprint density at radius 3 is 2.17 bits per heavy atom. The zero-order chi connectivity index (χ0) is 9.82. The lowest BCUT2D eigenvalue weighted by Crippen LogP contribution is -2.05. The van der Waals surface area contributed by atoms with E-state index in [0.717, 1.165) is 25.9 Å². The molecule has 0 fully saturated rings. The lowest BCUT2D eigenvalue weighted by Gasteiger charge is -2.11. The molecule has 12 heavy (non-hydrogen) atoms. The van der Waals surface area contributed by atoms with Gasteiger partial charge in [0.2, 0.25) is 0 Å². The number of ether oxygens (including phenoxy) is 1. The largest absolute Gasteiger partial charge is 0.396 e. The van der Waals surface area contributed by atoms with Crippen LogP contribution in [0, 0.1) is 5.92 Å². The summed E-state index contributed by atoms with van der Waals surface area (Å²) in [6, 6.07) is 0. The SMILES string of the molecule is CC.CCC(CCO)CCOC. The van der Waals surface area contributed by atoms with Gasteiger partial charge in [0.1, 0.15) is 0 Å². The van der Waals surface area contributed by atoms with E-state index in [-0.39, 0.29) is 0 Å². The molecule has 0 aliphatic carbocycles. The van der Waals surface area contributed by atoms with E-state index in [4.69, 9.17) is 9.84 Å². The minimum atomic E-state index is 0.308. The van der Waals surface area contributed by atoms with E-state index in [0.29, 0.717) is 12.5 Å². The summed E-state index contributed by atoms with van der Waals surface area (Å²) >= 11 is 0. The summed E-state index contributed by atoms with van der Waals surface area (Å²) in [5.41, 5.74) is 0. The zero-order valence-electron chi connectivity index (χ0n) is 8.97. The van der Waals surface area contributed by atoms with Crippen molar-refractivity contribution in [1.82, 2.24) is 0 Å². The number of aliphatic hydroxyl groups excluding tert-OH is 1. The molecule has 76 valence electrons. The number of aliphatic hydroxyl groups is 1. The number of rotatable bonds is 6. The minimum Gasteiger partial charge on any atom is -0.396 e. The molecule has 0 aromatic heterocycles. The van der Waals surface area contributed by atoms with Crippen LogP contribution in [0.4, 0.5) is 0 Å². The fourth-order valence-electron chi connectivity index (χ4n) is 1.02. The Bertz CT molecular complexity index is 64.9. The Morgan fingerprint density at radius 1 is 1.25 bits per heavy atom. The van der Waals surface area contributed by atoms with E-state index in [1.54, 1.807) is 7.11 Å². The summed E-state index contributed by atoms with van der Waals surface area (Å²) in [4.78, 5) is 0. The van der Waals surface area contributed by atoms with Gasteiger partial charge < -0.3 is 9.84 Å². The summed E-state index contributed by atoms with van der Waals surface area (Å²) in [6.07, 6.45) is 3.14. The molecule has 0 saturated heterocycles. The van der Waals surface area contributed by atoms with E-state index in [1.165, 1.54) is 0 Å². The quantitative estimate of drug-likeness (QED) is 0.673. The van der Waals surface area contributed by atoms with Gasteiger partial charge in [0, 0.05) is 20.3 Å². The Balaban J connectivity index is 0. The van der Waals surface area contributed by atoms with Crippen LogP contribution >= 0.6 is 0 Å². The molecule has 0 heterocycles. The zero-order valence-corrected chi connectivity index (χ0v) is 8.97. The van der Waals surface area contributed by atoms with E-state index in [1.807, 2.05) is 13.8 Å². The highest BCUT2D eigenvalue weighted by Crippen LogP contribution is 2.11. The van der Waals surface area contributed by atoms with Gasteiger partial charge in [-0.25, -0.2) is 0 Å². The molecule has 0 aromatic carbocycles. The van der Waals surface area contributed by atoms with Gasteiger partial charge in [0.15, 0.2) is 0 Å². The van der Waals surface area contributed by atoms with Gasteiger partial charge >= 0.3 is 0 Å². The van der Waals surface area contributed by atoms with Crippen LogP contribution in [0.1, 0.15) is 40.0 Å². The second-order valence-corrected chi connectivity index (χ2v) is 2.57. The van der Waals surface area contributed by atoms with Crippen LogP contribution < -0.4 is 0 Å². The lowest BCUT2D eigenvalue weighted by molar-refractivity contribution is 0.163. The highest BCUT2D eigenvalue weighted by molar-refractivity contribution is 4.55. The fourth-order valence-corrected chi connectivity index (χ4v) is 1.02. The highest BCUT2D eigenvalue weighted by atomic mass is 16.5. The third kappa shape index (κ3) is 9.92. The third-order valence-electron chi connectivity index (χ3n) is 1.84. The molecule has 1 N–H and O–H groups in total. The maximum atomic E-state index is 8.63. The smallest absolute Gasteiger partial charge is 0.0464 e. The Kier molecular flexibility index (Phi) is 16.3. The summed E-state index contributed by atoms with van der Waals surface area (Å²) in [5.74, 6) is 0.643. The molecular formula is C10H24O2. The molecule has 0 aliphatic rings. The second-order valence-electron chi connectivity index (χ2n) is 2.57. The van der Waals surface area contributed by atoms with E-state index < -0.39 is 0 Å². The summed E-state index contributed by atoms with van der Waals surface area (Å²) in [7, 11) is 1.71. The molecular weight excluding hydrogens is 152 g/mol. The van der Waals surface area contributed by atoms with Crippen molar-refractivity contribution in [2.24, 2.45) is 5.92 Å². The van der Waals surface area contributed by atoms with Crippen molar-refractivity contribution in [3.63, 3.8) is 0 Å². The molecule has 2 heteroatoms. The summed E-state index contributed by atoms with van der Waals surface area (Å²) in [5, 5.41) is 8.63. The van der Waals surface area contributed by atoms with Gasteiger partial charge in [0.05, 0.1) is 0 Å². The monoisotopic (exact) mass is 176 g/mol. The number of hydrogen-bond acceptors (Lipinski definition) is 2. The molecule has 0 rings (SSSR count). The normalized spacial score (nSPS) is 11.8. The van der Waals surface area contributed by atoms with Crippen molar-refractivity contribution >= 4 is 0 Å².